The summed E-state index contributed by atoms with van der Waals surface area (Å²) >= 11 is 0. The van der Waals surface area contributed by atoms with Crippen molar-refractivity contribution >= 4 is 5.57 Å². The van der Waals surface area contributed by atoms with Gasteiger partial charge in [-0.25, -0.2) is 0 Å². The van der Waals surface area contributed by atoms with Gasteiger partial charge in [-0.1, -0.05) is 69.0 Å². The highest BCUT2D eigenvalue weighted by Gasteiger charge is 2.24. The van der Waals surface area contributed by atoms with E-state index in [0.29, 0.717) is 19.1 Å². The largest absolute Gasteiger partial charge is 0.491 e. The first-order valence-electron chi connectivity index (χ1n) is 13.4. The Kier molecular flexibility index (Phi) is 8.22. The summed E-state index contributed by atoms with van der Waals surface area (Å²) in [6.07, 6.45) is 16.0. The normalized spacial score (nSPS) is 22.5. The summed E-state index contributed by atoms with van der Waals surface area (Å²) in [5, 5.41) is 0. The van der Waals surface area contributed by atoms with Gasteiger partial charge in [-0.05, 0) is 65.8 Å². The van der Waals surface area contributed by atoms with Crippen LogP contribution in [-0.2, 0) is 15.9 Å². The second-order valence-corrected chi connectivity index (χ2v) is 9.95. The van der Waals surface area contributed by atoms with Crippen LogP contribution in [0.2, 0.25) is 0 Å². The molecular weight excluding hydrogens is 436 g/mol. The van der Waals surface area contributed by atoms with E-state index in [0.717, 1.165) is 37.6 Å². The molecule has 0 bridgehead atoms. The van der Waals surface area contributed by atoms with Gasteiger partial charge in [-0.15, -0.1) is 0 Å². The molecule has 2 heterocycles. The second-order valence-electron chi connectivity index (χ2n) is 9.95. The summed E-state index contributed by atoms with van der Waals surface area (Å²) < 4.78 is 22.4. The Labute approximate surface area is 209 Å². The summed E-state index contributed by atoms with van der Waals surface area (Å²) in [5.74, 6) is 2.34. The number of unbranched alkanes of at least 4 members (excludes halogenated alkanes) is 4. The first-order chi connectivity index (χ1) is 17.3. The Morgan fingerprint density at radius 2 is 1.60 bits per heavy atom. The van der Waals surface area contributed by atoms with Crippen molar-refractivity contribution in [1.29, 1.82) is 0 Å². The zero-order valence-electron chi connectivity index (χ0n) is 20.9. The van der Waals surface area contributed by atoms with Gasteiger partial charge >= 0.3 is 0 Å². The van der Waals surface area contributed by atoms with Crippen LogP contribution in [0.1, 0.15) is 68.1 Å². The van der Waals surface area contributed by atoms with Gasteiger partial charge in [0.2, 0.25) is 0 Å². The molecule has 2 aromatic rings. The lowest BCUT2D eigenvalue weighted by Gasteiger charge is -2.19. The van der Waals surface area contributed by atoms with Crippen LogP contribution in [0.4, 0.5) is 0 Å². The first-order valence-corrected chi connectivity index (χ1v) is 13.4. The predicted molar refractivity (Wildman–Crippen MR) is 140 cm³/mol. The molecule has 35 heavy (non-hydrogen) atoms. The average molecular weight is 475 g/mol. The van der Waals surface area contributed by atoms with Gasteiger partial charge in [0.25, 0.3) is 0 Å². The van der Waals surface area contributed by atoms with Gasteiger partial charge < -0.3 is 18.9 Å². The highest BCUT2D eigenvalue weighted by Crippen LogP contribution is 2.34. The maximum absolute atomic E-state index is 6.12. The number of benzene rings is 2. The monoisotopic (exact) mass is 474 g/mol. The third-order valence-electron chi connectivity index (χ3n) is 7.02. The molecule has 0 N–H and O–H groups in total. The standard InChI is InChI=1S/C31H38O4/c1-2-3-4-5-6-7-27-18-26(14-17-31(27)35-22-30-21-34-30)25-10-8-23(9-11-25)24-12-15-28(16-13-24)32-19-29-20-33-29/h8,10-18,23,29-30H,2-7,9,19-22H2,1H3. The number of epoxide rings is 2. The molecule has 3 aliphatic rings. The molecule has 2 saturated heterocycles. The second kappa shape index (κ2) is 11.9. The summed E-state index contributed by atoms with van der Waals surface area (Å²) in [6, 6.07) is 15.2. The summed E-state index contributed by atoms with van der Waals surface area (Å²) in [7, 11) is 0. The molecule has 0 aromatic heterocycles. The lowest BCUT2D eigenvalue weighted by molar-refractivity contribution is 0.261. The Balaban J connectivity index is 1.20. The highest BCUT2D eigenvalue weighted by atomic mass is 16.6. The Morgan fingerprint density at radius 3 is 2.29 bits per heavy atom. The Morgan fingerprint density at radius 1 is 0.857 bits per heavy atom. The minimum Gasteiger partial charge on any atom is -0.491 e. The van der Waals surface area contributed by atoms with E-state index in [4.69, 9.17) is 18.9 Å². The lowest BCUT2D eigenvalue weighted by Crippen LogP contribution is -2.06. The van der Waals surface area contributed by atoms with Gasteiger partial charge in [0.1, 0.15) is 36.9 Å². The fraction of sp³-hybridized carbons (Fsp3) is 0.484. The summed E-state index contributed by atoms with van der Waals surface area (Å²) in [5.41, 5.74) is 5.23. The van der Waals surface area contributed by atoms with E-state index in [1.54, 1.807) is 0 Å². The summed E-state index contributed by atoms with van der Waals surface area (Å²) in [6.45, 7) is 5.22. The summed E-state index contributed by atoms with van der Waals surface area (Å²) in [4.78, 5) is 0. The van der Waals surface area contributed by atoms with Crippen molar-refractivity contribution in [3.63, 3.8) is 0 Å². The fourth-order valence-electron chi connectivity index (χ4n) is 4.61. The fourth-order valence-corrected chi connectivity index (χ4v) is 4.61. The minimum atomic E-state index is 0.279. The Hall–Kier alpha value is -2.56. The maximum Gasteiger partial charge on any atom is 0.122 e. The molecule has 0 saturated carbocycles. The third kappa shape index (κ3) is 7.22. The van der Waals surface area contributed by atoms with Crippen molar-refractivity contribution in [2.24, 2.45) is 0 Å². The molecule has 3 atom stereocenters. The van der Waals surface area contributed by atoms with Crippen LogP contribution in [0.15, 0.2) is 60.7 Å². The zero-order valence-corrected chi connectivity index (χ0v) is 20.9. The molecule has 1 aliphatic carbocycles. The van der Waals surface area contributed by atoms with Crippen molar-refractivity contribution < 1.29 is 18.9 Å². The van der Waals surface area contributed by atoms with E-state index < -0.39 is 0 Å². The minimum absolute atomic E-state index is 0.279. The number of hydrogen-bond donors (Lipinski definition) is 0. The zero-order chi connectivity index (χ0) is 23.9. The smallest absolute Gasteiger partial charge is 0.122 e. The predicted octanol–water partition coefficient (Wildman–Crippen LogP) is 6.88. The molecule has 0 spiro atoms. The first kappa shape index (κ1) is 24.1. The van der Waals surface area contributed by atoms with Crippen LogP contribution in [0.5, 0.6) is 11.5 Å². The number of ether oxygens (including phenoxy) is 4. The molecule has 2 fully saturated rings. The molecule has 4 nitrogen and oxygen atoms in total. The van der Waals surface area contributed by atoms with Crippen LogP contribution in [0, 0.1) is 0 Å². The molecule has 186 valence electrons. The van der Waals surface area contributed by atoms with E-state index in [2.05, 4.69) is 67.6 Å². The van der Waals surface area contributed by atoms with Crippen molar-refractivity contribution in [1.82, 2.24) is 0 Å². The number of hydrogen-bond acceptors (Lipinski definition) is 4. The Bertz CT molecular complexity index is 1010. The van der Waals surface area contributed by atoms with E-state index in [9.17, 15) is 0 Å². The van der Waals surface area contributed by atoms with Crippen molar-refractivity contribution in [3.8, 4) is 11.5 Å². The quantitative estimate of drug-likeness (QED) is 0.221. The van der Waals surface area contributed by atoms with Gasteiger partial charge in [-0.2, -0.15) is 0 Å². The molecule has 0 radical (unpaired) electrons. The van der Waals surface area contributed by atoms with Crippen LogP contribution >= 0.6 is 0 Å². The van der Waals surface area contributed by atoms with E-state index in [1.165, 1.54) is 54.4 Å². The van der Waals surface area contributed by atoms with E-state index >= 15 is 0 Å². The topological polar surface area (TPSA) is 43.5 Å². The van der Waals surface area contributed by atoms with Crippen LogP contribution in [-0.4, -0.2) is 38.6 Å². The van der Waals surface area contributed by atoms with Crippen molar-refractivity contribution in [2.75, 3.05) is 26.4 Å². The third-order valence-corrected chi connectivity index (χ3v) is 7.02. The van der Waals surface area contributed by atoms with Gasteiger partial charge in [0, 0.05) is 5.92 Å². The van der Waals surface area contributed by atoms with Gasteiger partial charge in [0.05, 0.1) is 13.2 Å². The van der Waals surface area contributed by atoms with Crippen LogP contribution in [0.25, 0.3) is 5.57 Å². The van der Waals surface area contributed by atoms with Crippen LogP contribution in [0.3, 0.4) is 0 Å². The van der Waals surface area contributed by atoms with Crippen molar-refractivity contribution in [3.05, 3.63) is 77.4 Å². The molecule has 5 rings (SSSR count). The lowest BCUT2D eigenvalue weighted by atomic mass is 9.87. The highest BCUT2D eigenvalue weighted by molar-refractivity contribution is 5.76. The number of aryl methyl sites for hydroxylation is 1. The molecule has 0 amide bonds. The molecule has 3 unspecified atom stereocenters. The van der Waals surface area contributed by atoms with E-state index in [1.807, 2.05) is 0 Å². The maximum atomic E-state index is 6.12. The van der Waals surface area contributed by atoms with Crippen LogP contribution < -0.4 is 9.47 Å². The van der Waals surface area contributed by atoms with Gasteiger partial charge in [0.15, 0.2) is 0 Å². The molecule has 4 heteroatoms. The average Bonchev–Trinajstić information content (AvgIpc) is 3.82. The molecule has 2 aliphatic heterocycles. The SMILES string of the molecule is CCCCCCCc1cc(C2=CCC(c3ccc(OCC4CO4)cc3)C=C2)ccc1OCC1CO1. The van der Waals surface area contributed by atoms with E-state index in [-0.39, 0.29) is 12.2 Å². The number of rotatable bonds is 14. The number of allylic oxidation sites excluding steroid dienone is 4. The van der Waals surface area contributed by atoms with Gasteiger partial charge in [-0.3, -0.25) is 0 Å². The molecular formula is C31H38O4. The van der Waals surface area contributed by atoms with Crippen molar-refractivity contribution in [2.45, 2.75) is 70.0 Å². The molecule has 2 aromatic carbocycles.